The number of ether oxygens (including phenoxy) is 1. The van der Waals surface area contributed by atoms with E-state index in [1.807, 2.05) is 36.4 Å². The van der Waals surface area contributed by atoms with E-state index in [-0.39, 0.29) is 11.8 Å². The van der Waals surface area contributed by atoms with Crippen LogP contribution in [0.1, 0.15) is 12.8 Å². The molecule has 160 valence electrons. The van der Waals surface area contributed by atoms with Crippen molar-refractivity contribution in [2.75, 3.05) is 30.4 Å². The molecule has 4 rings (SSSR count). The molecule has 0 aliphatic carbocycles. The second-order valence-corrected chi connectivity index (χ2v) is 8.25. The largest absolute Gasteiger partial charge is 0.495 e. The highest BCUT2D eigenvalue weighted by atomic mass is 35.5. The van der Waals surface area contributed by atoms with Crippen LogP contribution in [0.5, 0.6) is 5.75 Å². The van der Waals surface area contributed by atoms with Crippen molar-refractivity contribution in [3.63, 3.8) is 0 Å². The van der Waals surface area contributed by atoms with Gasteiger partial charge in [0.15, 0.2) is 5.82 Å². The SMILES string of the molecule is COc1ccc(Cl)cc1NC(=O)C1CCN(c2ccc(-c3ccc(Cl)cc3)nn2)CC1. The van der Waals surface area contributed by atoms with Crippen LogP contribution >= 0.6 is 23.2 Å². The summed E-state index contributed by atoms with van der Waals surface area (Å²) >= 11 is 12.0. The maximum Gasteiger partial charge on any atom is 0.227 e. The Bertz CT molecular complexity index is 1050. The van der Waals surface area contributed by atoms with E-state index in [2.05, 4.69) is 20.4 Å². The molecule has 0 spiro atoms. The van der Waals surface area contributed by atoms with Crippen LogP contribution in [0, 0.1) is 5.92 Å². The van der Waals surface area contributed by atoms with Crippen LogP contribution in [0.2, 0.25) is 10.0 Å². The van der Waals surface area contributed by atoms with Gasteiger partial charge in [0.2, 0.25) is 5.91 Å². The second kappa shape index (κ2) is 9.54. The van der Waals surface area contributed by atoms with E-state index in [1.54, 1.807) is 25.3 Å². The third-order valence-corrected chi connectivity index (χ3v) is 5.89. The van der Waals surface area contributed by atoms with E-state index >= 15 is 0 Å². The first kappa shape index (κ1) is 21.4. The van der Waals surface area contributed by atoms with E-state index in [4.69, 9.17) is 27.9 Å². The molecule has 0 radical (unpaired) electrons. The second-order valence-electron chi connectivity index (χ2n) is 7.38. The Balaban J connectivity index is 1.35. The topological polar surface area (TPSA) is 67.3 Å². The number of piperidine rings is 1. The number of carbonyl (C=O) groups excluding carboxylic acids is 1. The zero-order valence-electron chi connectivity index (χ0n) is 17.0. The number of halogens is 2. The van der Waals surface area contributed by atoms with Crippen LogP contribution in [-0.2, 0) is 4.79 Å². The Morgan fingerprint density at radius 2 is 1.71 bits per heavy atom. The lowest BCUT2D eigenvalue weighted by Gasteiger charge is -2.32. The molecule has 1 aromatic heterocycles. The van der Waals surface area contributed by atoms with Gasteiger partial charge in [0.05, 0.1) is 18.5 Å². The van der Waals surface area contributed by atoms with Gasteiger partial charge in [-0.05, 0) is 55.3 Å². The van der Waals surface area contributed by atoms with Crippen molar-refractivity contribution in [1.82, 2.24) is 10.2 Å². The van der Waals surface area contributed by atoms with Gasteiger partial charge in [-0.25, -0.2) is 0 Å². The normalized spacial score (nSPS) is 14.4. The lowest BCUT2D eigenvalue weighted by Crippen LogP contribution is -2.38. The molecule has 1 N–H and O–H groups in total. The summed E-state index contributed by atoms with van der Waals surface area (Å²) in [6.07, 6.45) is 1.46. The Labute approximate surface area is 191 Å². The van der Waals surface area contributed by atoms with Crippen LogP contribution in [-0.4, -0.2) is 36.3 Å². The van der Waals surface area contributed by atoms with Crippen LogP contribution in [0.4, 0.5) is 11.5 Å². The summed E-state index contributed by atoms with van der Waals surface area (Å²) in [5, 5.41) is 12.9. The molecule has 1 aliphatic heterocycles. The number of carbonyl (C=O) groups is 1. The molecule has 0 unspecified atom stereocenters. The molecule has 0 atom stereocenters. The number of nitrogens with zero attached hydrogens (tertiary/aromatic N) is 3. The highest BCUT2D eigenvalue weighted by Crippen LogP contribution is 2.30. The molecule has 6 nitrogen and oxygen atoms in total. The van der Waals surface area contributed by atoms with Gasteiger partial charge in [0, 0.05) is 34.6 Å². The molecule has 0 bridgehead atoms. The number of hydrogen-bond donors (Lipinski definition) is 1. The van der Waals surface area contributed by atoms with Crippen molar-refractivity contribution >= 4 is 40.6 Å². The number of aromatic nitrogens is 2. The molecule has 0 saturated carbocycles. The summed E-state index contributed by atoms with van der Waals surface area (Å²) in [6, 6.07) is 16.6. The Morgan fingerprint density at radius 1 is 1.00 bits per heavy atom. The highest BCUT2D eigenvalue weighted by Gasteiger charge is 2.26. The van der Waals surface area contributed by atoms with Crippen molar-refractivity contribution in [1.29, 1.82) is 0 Å². The zero-order valence-corrected chi connectivity index (χ0v) is 18.5. The monoisotopic (exact) mass is 456 g/mol. The zero-order chi connectivity index (χ0) is 21.8. The Hall–Kier alpha value is -2.83. The molecule has 1 aliphatic rings. The summed E-state index contributed by atoms with van der Waals surface area (Å²) in [4.78, 5) is 14.9. The van der Waals surface area contributed by atoms with Crippen LogP contribution in [0.25, 0.3) is 11.3 Å². The minimum absolute atomic E-state index is 0.0237. The number of rotatable bonds is 5. The van der Waals surface area contributed by atoms with Crippen LogP contribution < -0.4 is 15.0 Å². The lowest BCUT2D eigenvalue weighted by atomic mass is 9.95. The van der Waals surface area contributed by atoms with Gasteiger partial charge in [-0.1, -0.05) is 35.3 Å². The van der Waals surface area contributed by atoms with Crippen molar-refractivity contribution in [3.05, 3.63) is 64.6 Å². The summed E-state index contributed by atoms with van der Waals surface area (Å²) in [5.74, 6) is 1.30. The molecule has 3 aromatic rings. The number of benzene rings is 2. The molecule has 2 heterocycles. The molecular weight excluding hydrogens is 435 g/mol. The van der Waals surface area contributed by atoms with Crippen molar-refractivity contribution < 1.29 is 9.53 Å². The minimum Gasteiger partial charge on any atom is -0.495 e. The molecule has 2 aromatic carbocycles. The first-order valence-corrected chi connectivity index (χ1v) is 10.8. The van der Waals surface area contributed by atoms with E-state index < -0.39 is 0 Å². The maximum absolute atomic E-state index is 12.7. The molecule has 1 saturated heterocycles. The predicted molar refractivity (Wildman–Crippen MR) is 124 cm³/mol. The van der Waals surface area contributed by atoms with Crippen LogP contribution in [0.15, 0.2) is 54.6 Å². The van der Waals surface area contributed by atoms with Gasteiger partial charge in [-0.15, -0.1) is 10.2 Å². The maximum atomic E-state index is 12.7. The standard InChI is InChI=1S/C23H22Cl2N4O2/c1-31-21-8-6-18(25)14-20(21)26-23(30)16-10-12-29(13-11-16)22-9-7-19(27-28-22)15-2-4-17(24)5-3-15/h2-9,14,16H,10-13H2,1H3,(H,26,30). The molecule has 1 amide bonds. The van der Waals surface area contributed by atoms with E-state index in [0.29, 0.717) is 21.5 Å². The third-order valence-electron chi connectivity index (χ3n) is 5.40. The fraction of sp³-hybridized carbons (Fsp3) is 0.261. The lowest BCUT2D eigenvalue weighted by molar-refractivity contribution is -0.120. The van der Waals surface area contributed by atoms with Crippen molar-refractivity contribution in [2.24, 2.45) is 5.92 Å². The summed E-state index contributed by atoms with van der Waals surface area (Å²) in [6.45, 7) is 1.47. The Morgan fingerprint density at radius 3 is 2.35 bits per heavy atom. The fourth-order valence-electron chi connectivity index (χ4n) is 3.65. The molecule has 8 heteroatoms. The average Bonchev–Trinajstić information content (AvgIpc) is 2.80. The first-order valence-electron chi connectivity index (χ1n) is 10.0. The first-order chi connectivity index (χ1) is 15.0. The quantitative estimate of drug-likeness (QED) is 0.562. The van der Waals surface area contributed by atoms with E-state index in [1.165, 1.54) is 0 Å². The molecular formula is C23H22Cl2N4O2. The van der Waals surface area contributed by atoms with Crippen molar-refractivity contribution in [3.8, 4) is 17.0 Å². The van der Waals surface area contributed by atoms with Gasteiger partial charge >= 0.3 is 0 Å². The minimum atomic E-state index is -0.0822. The number of amides is 1. The van der Waals surface area contributed by atoms with Gasteiger partial charge in [0.1, 0.15) is 5.75 Å². The van der Waals surface area contributed by atoms with E-state index in [0.717, 1.165) is 43.0 Å². The summed E-state index contributed by atoms with van der Waals surface area (Å²) < 4.78 is 5.31. The number of nitrogens with one attached hydrogen (secondary N) is 1. The summed E-state index contributed by atoms with van der Waals surface area (Å²) in [7, 11) is 1.57. The number of hydrogen-bond acceptors (Lipinski definition) is 5. The average molecular weight is 457 g/mol. The molecule has 31 heavy (non-hydrogen) atoms. The van der Waals surface area contributed by atoms with Gasteiger partial charge in [-0.2, -0.15) is 0 Å². The van der Waals surface area contributed by atoms with Gasteiger partial charge in [0.25, 0.3) is 0 Å². The number of methoxy groups -OCH3 is 1. The molecule has 1 fully saturated rings. The van der Waals surface area contributed by atoms with E-state index in [9.17, 15) is 4.79 Å². The predicted octanol–water partition coefficient (Wildman–Crippen LogP) is 5.31. The Kier molecular flexibility index (Phi) is 6.59. The summed E-state index contributed by atoms with van der Waals surface area (Å²) in [5.41, 5.74) is 2.35. The number of anilines is 2. The van der Waals surface area contributed by atoms with Gasteiger partial charge in [-0.3, -0.25) is 4.79 Å². The van der Waals surface area contributed by atoms with Crippen molar-refractivity contribution in [2.45, 2.75) is 12.8 Å². The third kappa shape index (κ3) is 5.09. The fourth-order valence-corrected chi connectivity index (χ4v) is 3.95. The van der Waals surface area contributed by atoms with Crippen LogP contribution in [0.3, 0.4) is 0 Å². The van der Waals surface area contributed by atoms with Gasteiger partial charge < -0.3 is 15.0 Å². The highest BCUT2D eigenvalue weighted by molar-refractivity contribution is 6.31. The smallest absolute Gasteiger partial charge is 0.227 e.